The SMILES string of the molecule is C[C@@H]1C[C@@H](CN=C(N)N2CCSCC2)CN1Cc1ccccc1. The Morgan fingerprint density at radius 1 is 1.26 bits per heavy atom. The van der Waals surface area contributed by atoms with Crippen molar-refractivity contribution in [3.05, 3.63) is 35.9 Å². The van der Waals surface area contributed by atoms with Gasteiger partial charge in [0.2, 0.25) is 0 Å². The molecule has 0 spiro atoms. The summed E-state index contributed by atoms with van der Waals surface area (Å²) in [5.74, 6) is 3.72. The molecule has 3 rings (SSSR count). The molecule has 2 saturated heterocycles. The van der Waals surface area contributed by atoms with Crippen molar-refractivity contribution in [3.8, 4) is 0 Å². The van der Waals surface area contributed by atoms with Crippen LogP contribution in [0.1, 0.15) is 18.9 Å². The Kier molecular flexibility index (Phi) is 5.84. The number of rotatable bonds is 4. The summed E-state index contributed by atoms with van der Waals surface area (Å²) in [6, 6.07) is 11.4. The molecule has 1 aromatic carbocycles. The number of benzene rings is 1. The third-order valence-corrected chi connectivity index (χ3v) is 5.81. The summed E-state index contributed by atoms with van der Waals surface area (Å²) in [6.45, 7) is 7.45. The van der Waals surface area contributed by atoms with E-state index in [9.17, 15) is 0 Å². The molecule has 0 saturated carbocycles. The summed E-state index contributed by atoms with van der Waals surface area (Å²) >= 11 is 2.00. The van der Waals surface area contributed by atoms with Gasteiger partial charge in [-0.3, -0.25) is 9.89 Å². The number of hydrogen-bond acceptors (Lipinski definition) is 3. The third kappa shape index (κ3) is 4.64. The summed E-state index contributed by atoms with van der Waals surface area (Å²) in [5, 5.41) is 0. The van der Waals surface area contributed by atoms with Crippen molar-refractivity contribution in [2.75, 3.05) is 37.7 Å². The van der Waals surface area contributed by atoms with E-state index in [-0.39, 0.29) is 0 Å². The molecule has 5 heteroatoms. The maximum atomic E-state index is 6.17. The van der Waals surface area contributed by atoms with E-state index in [0.717, 1.165) is 38.7 Å². The second-order valence-corrected chi connectivity index (χ2v) is 7.89. The molecule has 0 bridgehead atoms. The minimum atomic E-state index is 0.628. The lowest BCUT2D eigenvalue weighted by Gasteiger charge is -2.27. The standard InChI is InChI=1S/C18H28N4S/c1-15-11-17(12-20-18(19)21-7-9-23-10-8-21)14-22(15)13-16-5-3-2-4-6-16/h2-6,15,17H,7-14H2,1H3,(H2,19,20)/t15-,17+/m1/s1. The van der Waals surface area contributed by atoms with Gasteiger partial charge < -0.3 is 10.6 Å². The predicted octanol–water partition coefficient (Wildman–Crippen LogP) is 2.26. The largest absolute Gasteiger partial charge is 0.370 e. The van der Waals surface area contributed by atoms with Gasteiger partial charge in [0.05, 0.1) is 0 Å². The van der Waals surface area contributed by atoms with Crippen LogP contribution in [0.15, 0.2) is 35.3 Å². The van der Waals surface area contributed by atoms with Gasteiger partial charge in [-0.25, -0.2) is 0 Å². The first-order valence-electron chi connectivity index (χ1n) is 8.63. The van der Waals surface area contributed by atoms with E-state index in [1.807, 2.05) is 11.8 Å². The summed E-state index contributed by atoms with van der Waals surface area (Å²) in [4.78, 5) is 9.50. The van der Waals surface area contributed by atoms with Gasteiger partial charge in [-0.2, -0.15) is 11.8 Å². The molecule has 0 amide bonds. The Morgan fingerprint density at radius 3 is 2.74 bits per heavy atom. The molecule has 0 aromatic heterocycles. The maximum absolute atomic E-state index is 6.17. The van der Waals surface area contributed by atoms with E-state index in [4.69, 9.17) is 10.7 Å². The molecule has 2 N–H and O–H groups in total. The molecule has 0 aliphatic carbocycles. The van der Waals surface area contributed by atoms with E-state index in [1.54, 1.807) is 0 Å². The van der Waals surface area contributed by atoms with Gasteiger partial charge in [0.1, 0.15) is 0 Å². The molecule has 1 aromatic rings. The molecule has 2 atom stereocenters. The lowest BCUT2D eigenvalue weighted by molar-refractivity contribution is 0.256. The zero-order chi connectivity index (χ0) is 16.1. The number of likely N-dealkylation sites (tertiary alicyclic amines) is 1. The number of thioether (sulfide) groups is 1. The van der Waals surface area contributed by atoms with Gasteiger partial charge in [0.15, 0.2) is 5.96 Å². The average molecular weight is 333 g/mol. The van der Waals surface area contributed by atoms with Crippen LogP contribution in [0.4, 0.5) is 0 Å². The number of guanidine groups is 1. The molecule has 2 aliphatic heterocycles. The Bertz CT molecular complexity index is 513. The van der Waals surface area contributed by atoms with E-state index >= 15 is 0 Å². The Balaban J connectivity index is 1.50. The highest BCUT2D eigenvalue weighted by molar-refractivity contribution is 7.99. The van der Waals surface area contributed by atoms with Gasteiger partial charge in [-0.05, 0) is 24.8 Å². The smallest absolute Gasteiger partial charge is 0.191 e. The third-order valence-electron chi connectivity index (χ3n) is 4.87. The summed E-state index contributed by atoms with van der Waals surface area (Å²) < 4.78 is 0. The molecule has 2 fully saturated rings. The Labute approximate surface area is 144 Å². The minimum Gasteiger partial charge on any atom is -0.370 e. The summed E-state index contributed by atoms with van der Waals surface area (Å²) in [7, 11) is 0. The molecule has 4 nitrogen and oxygen atoms in total. The second kappa shape index (κ2) is 8.06. The Hall–Kier alpha value is -1.20. The molecule has 23 heavy (non-hydrogen) atoms. The lowest BCUT2D eigenvalue weighted by atomic mass is 10.1. The monoisotopic (exact) mass is 332 g/mol. The number of aliphatic imine (C=N–C) groups is 1. The van der Waals surface area contributed by atoms with Crippen LogP contribution in [0.5, 0.6) is 0 Å². The van der Waals surface area contributed by atoms with E-state index in [1.165, 1.54) is 23.5 Å². The van der Waals surface area contributed by atoms with Gasteiger partial charge in [0, 0.05) is 50.3 Å². The maximum Gasteiger partial charge on any atom is 0.191 e. The first-order chi connectivity index (χ1) is 11.2. The van der Waals surface area contributed by atoms with Crippen molar-refractivity contribution in [1.29, 1.82) is 0 Å². The van der Waals surface area contributed by atoms with Crippen LogP contribution in [0, 0.1) is 5.92 Å². The van der Waals surface area contributed by atoms with Gasteiger partial charge in [-0.1, -0.05) is 30.3 Å². The van der Waals surface area contributed by atoms with Crippen molar-refractivity contribution in [3.63, 3.8) is 0 Å². The van der Waals surface area contributed by atoms with Gasteiger partial charge in [-0.15, -0.1) is 0 Å². The van der Waals surface area contributed by atoms with Crippen LogP contribution < -0.4 is 5.73 Å². The quantitative estimate of drug-likeness (QED) is 0.678. The molecular formula is C18H28N4S. The molecule has 126 valence electrons. The fraction of sp³-hybridized carbons (Fsp3) is 0.611. The first-order valence-corrected chi connectivity index (χ1v) is 9.78. The van der Waals surface area contributed by atoms with E-state index in [0.29, 0.717) is 12.0 Å². The normalized spacial score (nSPS) is 26.7. The zero-order valence-electron chi connectivity index (χ0n) is 14.0. The van der Waals surface area contributed by atoms with Crippen molar-refractivity contribution >= 4 is 17.7 Å². The van der Waals surface area contributed by atoms with Crippen LogP contribution in [0.2, 0.25) is 0 Å². The summed E-state index contributed by atoms with van der Waals surface area (Å²) in [6.07, 6.45) is 1.22. The van der Waals surface area contributed by atoms with Crippen molar-refractivity contribution in [2.24, 2.45) is 16.6 Å². The number of hydrogen-bond donors (Lipinski definition) is 1. The van der Waals surface area contributed by atoms with Crippen molar-refractivity contribution in [1.82, 2.24) is 9.80 Å². The van der Waals surface area contributed by atoms with Crippen LogP contribution >= 0.6 is 11.8 Å². The summed E-state index contributed by atoms with van der Waals surface area (Å²) in [5.41, 5.74) is 7.57. The van der Waals surface area contributed by atoms with Crippen LogP contribution in [-0.4, -0.2) is 59.5 Å². The zero-order valence-corrected chi connectivity index (χ0v) is 14.8. The van der Waals surface area contributed by atoms with Crippen molar-refractivity contribution < 1.29 is 0 Å². The van der Waals surface area contributed by atoms with Crippen LogP contribution in [0.3, 0.4) is 0 Å². The average Bonchev–Trinajstić information content (AvgIpc) is 2.94. The first kappa shape index (κ1) is 16.7. The highest BCUT2D eigenvalue weighted by Crippen LogP contribution is 2.25. The number of nitrogens with two attached hydrogens (primary N) is 1. The topological polar surface area (TPSA) is 44.9 Å². The van der Waals surface area contributed by atoms with E-state index < -0.39 is 0 Å². The minimum absolute atomic E-state index is 0.628. The highest BCUT2D eigenvalue weighted by atomic mass is 32.2. The van der Waals surface area contributed by atoms with Crippen molar-refractivity contribution in [2.45, 2.75) is 25.9 Å². The van der Waals surface area contributed by atoms with Crippen LogP contribution in [0.25, 0.3) is 0 Å². The van der Waals surface area contributed by atoms with Gasteiger partial charge in [0.25, 0.3) is 0 Å². The fourth-order valence-electron chi connectivity index (χ4n) is 3.50. The van der Waals surface area contributed by atoms with E-state index in [2.05, 4.69) is 47.1 Å². The second-order valence-electron chi connectivity index (χ2n) is 6.66. The predicted molar refractivity (Wildman–Crippen MR) is 99.8 cm³/mol. The number of nitrogens with zero attached hydrogens (tertiary/aromatic N) is 3. The molecular weight excluding hydrogens is 304 g/mol. The molecule has 0 radical (unpaired) electrons. The van der Waals surface area contributed by atoms with Crippen LogP contribution in [-0.2, 0) is 6.54 Å². The molecule has 0 unspecified atom stereocenters. The van der Waals surface area contributed by atoms with Gasteiger partial charge >= 0.3 is 0 Å². The molecule has 2 heterocycles. The Morgan fingerprint density at radius 2 is 2.00 bits per heavy atom. The lowest BCUT2D eigenvalue weighted by Crippen LogP contribution is -2.43. The molecule has 2 aliphatic rings. The fourth-order valence-corrected chi connectivity index (χ4v) is 4.41. The highest BCUT2D eigenvalue weighted by Gasteiger charge is 2.28.